The van der Waals surface area contributed by atoms with Crippen LogP contribution in [0.5, 0.6) is 0 Å². The third kappa shape index (κ3) is 7.77. The van der Waals surface area contributed by atoms with Crippen LogP contribution in [-0.2, 0) is 31.4 Å². The largest absolute Gasteiger partial charge is 2.00 e. The maximum atomic E-state index is 13.0. The molecule has 28 heavy (non-hydrogen) atoms. The Morgan fingerprint density at radius 1 is 1.21 bits per heavy atom. The second kappa shape index (κ2) is 11.8. The first kappa shape index (κ1) is 29.2. The molecule has 0 unspecified atom stereocenters. The molecule has 1 amide bonds. The molecule has 8 heteroatoms. The average molecular weight is 511 g/mol. The number of alkyl halides is 3. The Balaban J connectivity index is 0. The molecule has 1 aromatic rings. The van der Waals surface area contributed by atoms with Gasteiger partial charge in [0.1, 0.15) is 6.04 Å². The van der Waals surface area contributed by atoms with Crippen LogP contribution < -0.4 is 12.4 Å². The van der Waals surface area contributed by atoms with Crippen molar-refractivity contribution in [1.82, 2.24) is 4.90 Å². The summed E-state index contributed by atoms with van der Waals surface area (Å²) in [6, 6.07) is 2.87. The van der Waals surface area contributed by atoms with Crippen molar-refractivity contribution in [3.05, 3.63) is 41.3 Å². The van der Waals surface area contributed by atoms with E-state index in [1.54, 1.807) is 18.2 Å². The van der Waals surface area contributed by atoms with Crippen molar-refractivity contribution in [3.63, 3.8) is 0 Å². The first-order chi connectivity index (χ1) is 12.0. The Bertz CT molecular complexity index is 654. The summed E-state index contributed by atoms with van der Waals surface area (Å²) in [6.07, 6.45) is -1.31. The van der Waals surface area contributed by atoms with E-state index in [1.165, 1.54) is 12.3 Å². The number of amides is 1. The molecule has 0 aliphatic heterocycles. The molecule has 0 radical (unpaired) electrons. The van der Waals surface area contributed by atoms with Gasteiger partial charge in [-0.2, -0.15) is 31.2 Å². The van der Waals surface area contributed by atoms with E-state index < -0.39 is 23.2 Å². The molecule has 0 aliphatic carbocycles. The fraction of sp³-hybridized carbons (Fsp3) is 0.550. The number of carbonyl (C=O) groups excluding carboxylic acids is 1. The van der Waals surface area contributed by atoms with E-state index in [0.29, 0.717) is 24.2 Å². The summed E-state index contributed by atoms with van der Waals surface area (Å²) in [5.41, 5.74) is -0.186. The fourth-order valence-electron chi connectivity index (χ4n) is 2.65. The average Bonchev–Trinajstić information content (AvgIpc) is 2.53. The Morgan fingerprint density at radius 3 is 2.14 bits per heavy atom. The minimum atomic E-state index is -4.42. The minimum Gasteiger partial charge on any atom is -1.00 e. The number of carbonyl (C=O) groups is 1. The molecule has 0 aliphatic rings. The van der Waals surface area contributed by atoms with Gasteiger partial charge in [-0.25, -0.2) is 0 Å². The van der Waals surface area contributed by atoms with Crippen LogP contribution in [0.15, 0.2) is 23.2 Å². The first-order valence-corrected chi connectivity index (χ1v) is 8.78. The summed E-state index contributed by atoms with van der Waals surface area (Å²) in [7, 11) is 0. The Morgan fingerprint density at radius 2 is 1.75 bits per heavy atom. The second-order valence-corrected chi connectivity index (χ2v) is 7.19. The number of rotatable bonds is 6. The number of likely N-dealkylation sites (N-methyl/N-ethyl adjacent to an activating group) is 1. The van der Waals surface area contributed by atoms with Gasteiger partial charge in [0.25, 0.3) is 0 Å². The monoisotopic (exact) mass is 510 g/mol. The van der Waals surface area contributed by atoms with Crippen molar-refractivity contribution in [3.8, 4) is 0 Å². The zero-order chi connectivity index (χ0) is 20.1. The van der Waals surface area contributed by atoms with Crippen LogP contribution in [0.1, 0.15) is 58.2 Å². The van der Waals surface area contributed by atoms with E-state index in [0.717, 1.165) is 12.1 Å². The number of hydrogen-bond acceptors (Lipinski definition) is 2. The van der Waals surface area contributed by atoms with Gasteiger partial charge in [0.15, 0.2) is 0 Å². The molecule has 0 bridgehead atoms. The molecule has 3 nitrogen and oxygen atoms in total. The van der Waals surface area contributed by atoms with Crippen LogP contribution >= 0.6 is 0 Å². The van der Waals surface area contributed by atoms with Gasteiger partial charge < -0.3 is 17.3 Å². The molecule has 0 heterocycles. The second-order valence-electron chi connectivity index (χ2n) is 7.19. The fourth-order valence-corrected chi connectivity index (χ4v) is 2.65. The van der Waals surface area contributed by atoms with Gasteiger partial charge in [-0.05, 0) is 25.5 Å². The molecule has 162 valence electrons. The number of benzene rings is 1. The van der Waals surface area contributed by atoms with Gasteiger partial charge in [0.05, 0.1) is 0 Å². The van der Waals surface area contributed by atoms with Gasteiger partial charge in [0.2, 0.25) is 5.91 Å². The minimum absolute atomic E-state index is 0. The maximum Gasteiger partial charge on any atom is 2.00 e. The van der Waals surface area contributed by atoms with E-state index in [4.69, 9.17) is 0 Å². The number of halogens is 4. The van der Waals surface area contributed by atoms with Gasteiger partial charge in [0, 0.05) is 18.7 Å². The van der Waals surface area contributed by atoms with Gasteiger partial charge in [-0.3, -0.25) is 9.79 Å². The van der Waals surface area contributed by atoms with Gasteiger partial charge in [-0.1, -0.05) is 33.8 Å². The van der Waals surface area contributed by atoms with Crippen molar-refractivity contribution >= 4 is 12.1 Å². The Labute approximate surface area is 186 Å². The summed E-state index contributed by atoms with van der Waals surface area (Å²) in [6.45, 7) is 12.4. The topological polar surface area (TPSA) is 32.7 Å². The predicted molar refractivity (Wildman–Crippen MR) is 99.3 cm³/mol. The Kier molecular flexibility index (Phi) is 12.3. The number of aliphatic imine (C=N–C) groups is 1. The van der Waals surface area contributed by atoms with Crippen molar-refractivity contribution in [1.29, 1.82) is 0 Å². The maximum absolute atomic E-state index is 13.0. The van der Waals surface area contributed by atoms with E-state index in [2.05, 4.69) is 4.99 Å². The molecular formula is C20H28ClF3N2OPd. The normalized spacial score (nSPS) is 12.8. The molecule has 1 aromatic carbocycles. The van der Waals surface area contributed by atoms with Crippen molar-refractivity contribution in [2.75, 3.05) is 13.1 Å². The summed E-state index contributed by atoms with van der Waals surface area (Å²) in [4.78, 5) is 18.9. The third-order valence-electron chi connectivity index (χ3n) is 4.22. The quantitative estimate of drug-likeness (QED) is 0.327. The number of hydrogen-bond donors (Lipinski definition) is 0. The van der Waals surface area contributed by atoms with E-state index in [9.17, 15) is 18.0 Å². The molecular weight excluding hydrogens is 483 g/mol. The van der Waals surface area contributed by atoms with Crippen LogP contribution in [0.3, 0.4) is 0 Å². The molecule has 0 N–H and O–H groups in total. The summed E-state index contributed by atoms with van der Waals surface area (Å²) in [5, 5.41) is 0. The molecule has 1 rings (SSSR count). The van der Waals surface area contributed by atoms with Gasteiger partial charge >= 0.3 is 26.6 Å². The van der Waals surface area contributed by atoms with Crippen LogP contribution in [0.25, 0.3) is 0 Å². The van der Waals surface area contributed by atoms with Crippen LogP contribution in [0.2, 0.25) is 0 Å². The summed E-state index contributed by atoms with van der Waals surface area (Å²) in [5.74, 6) is -0.118. The molecule has 0 saturated carbocycles. The smallest absolute Gasteiger partial charge is 1.00 e. The summed E-state index contributed by atoms with van der Waals surface area (Å²) < 4.78 is 39.0. The zero-order valence-corrected chi connectivity index (χ0v) is 19.3. The van der Waals surface area contributed by atoms with Crippen molar-refractivity contribution in [2.45, 2.75) is 53.8 Å². The van der Waals surface area contributed by atoms with Crippen molar-refractivity contribution in [2.24, 2.45) is 10.4 Å². The third-order valence-corrected chi connectivity index (χ3v) is 4.22. The molecule has 0 aromatic heterocycles. The molecule has 0 spiro atoms. The molecule has 0 fully saturated rings. The van der Waals surface area contributed by atoms with E-state index in [-0.39, 0.29) is 38.7 Å². The van der Waals surface area contributed by atoms with E-state index >= 15 is 0 Å². The predicted octanol–water partition coefficient (Wildman–Crippen LogP) is 1.98. The zero-order valence-electron chi connectivity index (χ0n) is 17.0. The summed E-state index contributed by atoms with van der Waals surface area (Å²) >= 11 is 0. The van der Waals surface area contributed by atoms with Crippen LogP contribution in [0, 0.1) is 11.8 Å². The molecule has 0 saturated heterocycles. The van der Waals surface area contributed by atoms with Crippen LogP contribution in [-0.4, -0.2) is 36.2 Å². The van der Waals surface area contributed by atoms with Crippen LogP contribution in [0.4, 0.5) is 13.2 Å². The standard InChI is InChI=1S/C20H28F3N2O.ClH.Pd/c1-7-14-10-11-16(20(21,22)23)12-15(14)13-24-17(19(4,5)6)18(26)25(8-2)9-3;;/h7,10-13,17H,8-9H2,1-6H3;1H;/q-1;;+2/p-1/t17-;;/m1../s1. The van der Waals surface area contributed by atoms with Gasteiger partial charge in [-0.15, -0.1) is 11.6 Å². The van der Waals surface area contributed by atoms with E-state index in [1.807, 2.05) is 34.6 Å². The SMILES string of the molecule is C[CH-]c1ccc(C(F)(F)F)cc1C=N[C@H](C(=O)N(CC)CC)C(C)(C)C.[Cl-].[Pd+2]. The Hall–Kier alpha value is -1.03. The number of nitrogens with zero attached hydrogens (tertiary/aromatic N) is 2. The van der Waals surface area contributed by atoms with Crippen molar-refractivity contribution < 1.29 is 50.8 Å². The molecule has 1 atom stereocenters. The first-order valence-electron chi connectivity index (χ1n) is 8.78.